The molecule has 2 N–H and O–H groups in total. The van der Waals surface area contributed by atoms with Gasteiger partial charge in [-0.25, -0.2) is 4.39 Å². The van der Waals surface area contributed by atoms with Crippen LogP contribution in [0, 0.1) is 5.82 Å². The minimum atomic E-state index is -0.775. The zero-order valence-corrected chi connectivity index (χ0v) is 11.5. The summed E-state index contributed by atoms with van der Waals surface area (Å²) in [6.45, 7) is 4.98. The van der Waals surface area contributed by atoms with E-state index in [1.165, 1.54) is 18.2 Å². The fourth-order valence-corrected chi connectivity index (χ4v) is 1.59. The van der Waals surface area contributed by atoms with Crippen LogP contribution in [0.5, 0.6) is 0 Å². The molecule has 0 heterocycles. The van der Waals surface area contributed by atoms with Gasteiger partial charge in [-0.1, -0.05) is 6.07 Å². The number of hydrogen-bond acceptors (Lipinski definition) is 2. The monoisotopic (exact) mass is 303 g/mol. The molecule has 3 nitrogen and oxygen atoms in total. The Morgan fingerprint density at radius 2 is 2.12 bits per heavy atom. The highest BCUT2D eigenvalue weighted by molar-refractivity contribution is 9.10. The van der Waals surface area contributed by atoms with E-state index in [1.54, 1.807) is 20.8 Å². The molecule has 0 fully saturated rings. The lowest BCUT2D eigenvalue weighted by Crippen LogP contribution is -2.51. The Labute approximate surface area is 108 Å². The summed E-state index contributed by atoms with van der Waals surface area (Å²) >= 11 is 3.03. The smallest absolute Gasteiger partial charge is 0.253 e. The molecule has 0 saturated heterocycles. The van der Waals surface area contributed by atoms with E-state index in [9.17, 15) is 14.3 Å². The average molecular weight is 304 g/mol. The second kappa shape index (κ2) is 5.14. The number of aliphatic hydroxyl groups excluding tert-OH is 1. The maximum absolute atomic E-state index is 13.3. The van der Waals surface area contributed by atoms with E-state index in [-0.39, 0.29) is 10.0 Å². The molecular weight excluding hydrogens is 289 g/mol. The van der Waals surface area contributed by atoms with Crippen LogP contribution in [0.15, 0.2) is 22.7 Å². The van der Waals surface area contributed by atoms with Crippen molar-refractivity contribution in [3.63, 3.8) is 0 Å². The highest BCUT2D eigenvalue weighted by Gasteiger charge is 2.27. The van der Waals surface area contributed by atoms with Gasteiger partial charge in [-0.05, 0) is 48.8 Å². The second-order valence-electron chi connectivity index (χ2n) is 4.45. The first-order valence-corrected chi connectivity index (χ1v) is 5.99. The van der Waals surface area contributed by atoms with Gasteiger partial charge in [0.05, 0.1) is 21.7 Å². The van der Waals surface area contributed by atoms with E-state index in [1.807, 2.05) is 0 Å². The van der Waals surface area contributed by atoms with E-state index < -0.39 is 23.4 Å². The van der Waals surface area contributed by atoms with Crippen LogP contribution in [0.3, 0.4) is 0 Å². The maximum atomic E-state index is 13.3. The summed E-state index contributed by atoms with van der Waals surface area (Å²) in [7, 11) is 0. The first kappa shape index (κ1) is 14.1. The maximum Gasteiger partial charge on any atom is 0.253 e. The highest BCUT2D eigenvalue weighted by Crippen LogP contribution is 2.21. The Morgan fingerprint density at radius 3 is 2.65 bits per heavy atom. The Morgan fingerprint density at radius 1 is 1.53 bits per heavy atom. The molecule has 1 atom stereocenters. The van der Waals surface area contributed by atoms with Gasteiger partial charge in [0.1, 0.15) is 5.82 Å². The molecule has 0 saturated carbocycles. The lowest BCUT2D eigenvalue weighted by atomic mass is 9.98. The van der Waals surface area contributed by atoms with Crippen LogP contribution in [-0.4, -0.2) is 22.7 Å². The second-order valence-corrected chi connectivity index (χ2v) is 5.25. The van der Waals surface area contributed by atoms with Crippen molar-refractivity contribution < 1.29 is 14.3 Å². The van der Waals surface area contributed by atoms with Crippen molar-refractivity contribution in [2.75, 3.05) is 0 Å². The van der Waals surface area contributed by atoms with Crippen LogP contribution >= 0.6 is 15.9 Å². The first-order valence-electron chi connectivity index (χ1n) is 5.20. The number of halogens is 2. The minimum Gasteiger partial charge on any atom is -0.391 e. The van der Waals surface area contributed by atoms with Crippen molar-refractivity contribution in [1.29, 1.82) is 0 Å². The number of nitrogens with one attached hydrogen (secondary N) is 1. The highest BCUT2D eigenvalue weighted by atomic mass is 79.9. The summed E-state index contributed by atoms with van der Waals surface area (Å²) < 4.78 is 13.4. The summed E-state index contributed by atoms with van der Waals surface area (Å²) in [5.74, 6) is -0.922. The van der Waals surface area contributed by atoms with Crippen LogP contribution in [0.25, 0.3) is 0 Å². The Kier molecular flexibility index (Phi) is 4.27. The first-order chi connectivity index (χ1) is 7.75. The van der Waals surface area contributed by atoms with E-state index >= 15 is 0 Å². The van der Waals surface area contributed by atoms with Crippen molar-refractivity contribution in [1.82, 2.24) is 5.32 Å². The Balaban J connectivity index is 2.95. The average Bonchev–Trinajstić information content (AvgIpc) is 2.21. The van der Waals surface area contributed by atoms with E-state index in [0.717, 1.165) is 0 Å². The van der Waals surface area contributed by atoms with E-state index in [0.29, 0.717) is 0 Å². The Bertz CT molecular complexity index is 433. The quantitative estimate of drug-likeness (QED) is 0.901. The van der Waals surface area contributed by atoms with Gasteiger partial charge in [-0.2, -0.15) is 0 Å². The molecule has 0 spiro atoms. The van der Waals surface area contributed by atoms with Crippen LogP contribution in [-0.2, 0) is 0 Å². The van der Waals surface area contributed by atoms with Crippen molar-refractivity contribution in [2.45, 2.75) is 32.4 Å². The molecular formula is C12H15BrFNO2. The molecule has 0 aliphatic carbocycles. The molecule has 0 bridgehead atoms. The number of amides is 1. The topological polar surface area (TPSA) is 49.3 Å². The van der Waals surface area contributed by atoms with Gasteiger partial charge in [0.15, 0.2) is 0 Å². The van der Waals surface area contributed by atoms with Gasteiger partial charge in [0.2, 0.25) is 0 Å². The normalized spacial score (nSPS) is 13.3. The number of aliphatic hydroxyl groups is 1. The summed E-state index contributed by atoms with van der Waals surface area (Å²) in [4.78, 5) is 11.9. The largest absolute Gasteiger partial charge is 0.391 e. The molecule has 5 heteroatoms. The molecule has 17 heavy (non-hydrogen) atoms. The molecule has 0 radical (unpaired) electrons. The molecule has 1 rings (SSSR count). The minimum absolute atomic E-state index is 0.124. The lowest BCUT2D eigenvalue weighted by Gasteiger charge is -2.29. The van der Waals surface area contributed by atoms with Gasteiger partial charge >= 0.3 is 0 Å². The van der Waals surface area contributed by atoms with Gasteiger partial charge < -0.3 is 10.4 Å². The zero-order chi connectivity index (χ0) is 13.2. The standard InChI is InChI=1S/C12H15BrFNO2/c1-7(16)12(2,3)15-11(17)8-5-4-6-9(14)10(8)13/h4-7,16H,1-3H3,(H,15,17). The van der Waals surface area contributed by atoms with Crippen molar-refractivity contribution in [3.05, 3.63) is 34.1 Å². The third kappa shape index (κ3) is 3.26. The van der Waals surface area contributed by atoms with Crippen molar-refractivity contribution >= 4 is 21.8 Å². The van der Waals surface area contributed by atoms with Crippen LogP contribution in [0.1, 0.15) is 31.1 Å². The van der Waals surface area contributed by atoms with Crippen LogP contribution in [0.2, 0.25) is 0 Å². The number of benzene rings is 1. The molecule has 1 aromatic carbocycles. The third-order valence-electron chi connectivity index (χ3n) is 2.68. The summed E-state index contributed by atoms with van der Waals surface area (Å²) in [5, 5.41) is 12.2. The predicted octanol–water partition coefficient (Wildman–Crippen LogP) is 2.48. The number of carbonyl (C=O) groups is 1. The van der Waals surface area contributed by atoms with Crippen LogP contribution < -0.4 is 5.32 Å². The molecule has 0 aliphatic heterocycles. The van der Waals surface area contributed by atoms with Gasteiger partial charge in [-0.3, -0.25) is 4.79 Å². The number of carbonyl (C=O) groups excluding carboxylic acids is 1. The van der Waals surface area contributed by atoms with Crippen LogP contribution in [0.4, 0.5) is 4.39 Å². The van der Waals surface area contributed by atoms with E-state index in [4.69, 9.17) is 0 Å². The Hall–Kier alpha value is -0.940. The fourth-order valence-electron chi connectivity index (χ4n) is 1.14. The molecule has 1 unspecified atom stereocenters. The third-order valence-corrected chi connectivity index (χ3v) is 3.48. The summed E-state index contributed by atoms with van der Waals surface area (Å²) in [5.41, 5.74) is -0.568. The van der Waals surface area contributed by atoms with Crippen molar-refractivity contribution in [2.24, 2.45) is 0 Å². The molecule has 0 aliphatic rings. The number of hydrogen-bond donors (Lipinski definition) is 2. The lowest BCUT2D eigenvalue weighted by molar-refractivity contribution is 0.0708. The molecule has 1 aromatic rings. The van der Waals surface area contributed by atoms with E-state index in [2.05, 4.69) is 21.2 Å². The summed E-state index contributed by atoms with van der Waals surface area (Å²) in [6.07, 6.45) is -0.709. The van der Waals surface area contributed by atoms with Gasteiger partial charge in [0.25, 0.3) is 5.91 Å². The SMILES string of the molecule is CC(O)C(C)(C)NC(=O)c1cccc(F)c1Br. The summed E-state index contributed by atoms with van der Waals surface area (Å²) in [6, 6.07) is 4.24. The van der Waals surface area contributed by atoms with Gasteiger partial charge in [0, 0.05) is 0 Å². The zero-order valence-electron chi connectivity index (χ0n) is 9.92. The predicted molar refractivity (Wildman–Crippen MR) is 67.3 cm³/mol. The van der Waals surface area contributed by atoms with Crippen molar-refractivity contribution in [3.8, 4) is 0 Å². The van der Waals surface area contributed by atoms with Gasteiger partial charge in [-0.15, -0.1) is 0 Å². The fraction of sp³-hybridized carbons (Fsp3) is 0.417. The molecule has 1 amide bonds. The molecule has 0 aromatic heterocycles. The molecule has 94 valence electrons. The number of rotatable bonds is 3.